The van der Waals surface area contributed by atoms with Gasteiger partial charge in [-0.05, 0) is 48.0 Å². The highest BCUT2D eigenvalue weighted by Gasteiger charge is 2.44. The molecule has 1 unspecified atom stereocenters. The molecule has 0 radical (unpaired) electrons. The van der Waals surface area contributed by atoms with Crippen molar-refractivity contribution in [2.75, 3.05) is 18.6 Å². The molecule has 5 rings (SSSR count). The van der Waals surface area contributed by atoms with Crippen molar-refractivity contribution in [1.29, 1.82) is 0 Å². The normalized spacial score (nSPS) is 14.8. The summed E-state index contributed by atoms with van der Waals surface area (Å²) in [6.45, 7) is 3.97. The van der Waals surface area contributed by atoms with Crippen LogP contribution in [0, 0.1) is 0 Å². The van der Waals surface area contributed by atoms with E-state index >= 15 is 0 Å². The number of nitrogens with zero attached hydrogens (tertiary/aromatic N) is 2. The van der Waals surface area contributed by atoms with Crippen molar-refractivity contribution in [1.82, 2.24) is 4.98 Å². The van der Waals surface area contributed by atoms with E-state index in [1.165, 1.54) is 12.0 Å². The standard InChI is InChI=1S/C26H19BrN2O5/c1-3-12-33-19-9-7-15(13-20(19)32-2)23-22-24(30)17-14-16(27)8-10-18(17)34-25(22)26(31)29(23)21-6-4-5-11-28-21/h3-11,13-14,23H,1,12H2,2H3. The predicted molar refractivity (Wildman–Crippen MR) is 132 cm³/mol. The Labute approximate surface area is 203 Å². The van der Waals surface area contributed by atoms with Gasteiger partial charge < -0.3 is 13.9 Å². The number of hydrogen-bond donors (Lipinski definition) is 0. The lowest BCUT2D eigenvalue weighted by molar-refractivity contribution is 0.0970. The number of anilines is 1. The summed E-state index contributed by atoms with van der Waals surface area (Å²) in [6.07, 6.45) is 3.23. The van der Waals surface area contributed by atoms with Gasteiger partial charge in [0.2, 0.25) is 5.76 Å². The number of pyridine rings is 1. The molecule has 2 aromatic heterocycles. The lowest BCUT2D eigenvalue weighted by atomic mass is 9.98. The average Bonchev–Trinajstić information content (AvgIpc) is 3.16. The number of amides is 1. The van der Waals surface area contributed by atoms with Crippen molar-refractivity contribution in [3.63, 3.8) is 0 Å². The second-order valence-corrected chi connectivity index (χ2v) is 8.51. The fraction of sp³-hybridized carbons (Fsp3) is 0.115. The Morgan fingerprint density at radius 3 is 2.74 bits per heavy atom. The quantitative estimate of drug-likeness (QED) is 0.323. The monoisotopic (exact) mass is 518 g/mol. The summed E-state index contributed by atoms with van der Waals surface area (Å²) < 4.78 is 17.9. The van der Waals surface area contributed by atoms with Crippen LogP contribution in [-0.4, -0.2) is 24.6 Å². The van der Waals surface area contributed by atoms with Gasteiger partial charge in [0.25, 0.3) is 5.91 Å². The first-order valence-electron chi connectivity index (χ1n) is 10.5. The summed E-state index contributed by atoms with van der Waals surface area (Å²) in [4.78, 5) is 33.1. The van der Waals surface area contributed by atoms with Gasteiger partial charge in [0, 0.05) is 10.7 Å². The smallest absolute Gasteiger partial charge is 0.296 e. The van der Waals surface area contributed by atoms with Gasteiger partial charge in [-0.2, -0.15) is 0 Å². The molecule has 1 aliphatic rings. The summed E-state index contributed by atoms with van der Waals surface area (Å²) in [6, 6.07) is 14.9. The van der Waals surface area contributed by atoms with E-state index in [1.54, 1.807) is 66.9 Å². The van der Waals surface area contributed by atoms with E-state index in [2.05, 4.69) is 27.5 Å². The number of rotatable bonds is 6. The van der Waals surface area contributed by atoms with Crippen LogP contribution in [0.25, 0.3) is 11.0 Å². The molecule has 8 heteroatoms. The lowest BCUT2D eigenvalue weighted by Crippen LogP contribution is -2.30. The minimum Gasteiger partial charge on any atom is -0.493 e. The first-order chi connectivity index (χ1) is 16.5. The molecule has 3 heterocycles. The Morgan fingerprint density at radius 2 is 2.00 bits per heavy atom. The molecule has 2 aromatic carbocycles. The van der Waals surface area contributed by atoms with E-state index in [4.69, 9.17) is 13.9 Å². The van der Waals surface area contributed by atoms with Gasteiger partial charge in [0.1, 0.15) is 18.0 Å². The van der Waals surface area contributed by atoms with Gasteiger partial charge in [0.15, 0.2) is 16.9 Å². The number of carbonyl (C=O) groups excluding carboxylic acids is 1. The van der Waals surface area contributed by atoms with Crippen molar-refractivity contribution < 1.29 is 18.7 Å². The van der Waals surface area contributed by atoms with Crippen molar-refractivity contribution in [2.24, 2.45) is 0 Å². The molecule has 4 aromatic rings. The summed E-state index contributed by atoms with van der Waals surface area (Å²) in [7, 11) is 1.53. The second-order valence-electron chi connectivity index (χ2n) is 7.59. The highest BCUT2D eigenvalue weighted by Crippen LogP contribution is 2.42. The summed E-state index contributed by atoms with van der Waals surface area (Å²) in [5.41, 5.74) is 0.971. The maximum Gasteiger partial charge on any atom is 0.296 e. The van der Waals surface area contributed by atoms with E-state index in [-0.39, 0.29) is 16.8 Å². The molecule has 34 heavy (non-hydrogen) atoms. The largest absolute Gasteiger partial charge is 0.493 e. The topological polar surface area (TPSA) is 81.9 Å². The number of aromatic nitrogens is 1. The lowest BCUT2D eigenvalue weighted by Gasteiger charge is -2.24. The molecule has 1 atom stereocenters. The SMILES string of the molecule is C=CCOc1ccc(C2c3c(oc4ccc(Br)cc4c3=O)C(=O)N2c2ccccn2)cc1OC. The number of carbonyl (C=O) groups is 1. The van der Waals surface area contributed by atoms with Crippen molar-refractivity contribution >= 4 is 38.6 Å². The van der Waals surface area contributed by atoms with Crippen LogP contribution in [0.15, 0.2) is 87.1 Å². The highest BCUT2D eigenvalue weighted by atomic mass is 79.9. The van der Waals surface area contributed by atoms with Gasteiger partial charge in [-0.15, -0.1) is 0 Å². The first kappa shape index (κ1) is 21.9. The fourth-order valence-corrected chi connectivity index (χ4v) is 4.48. The molecule has 1 amide bonds. The second kappa shape index (κ2) is 8.79. The van der Waals surface area contributed by atoms with E-state index < -0.39 is 11.9 Å². The first-order valence-corrected chi connectivity index (χ1v) is 11.2. The average molecular weight is 519 g/mol. The van der Waals surface area contributed by atoms with Crippen molar-refractivity contribution in [3.05, 3.63) is 105 Å². The summed E-state index contributed by atoms with van der Waals surface area (Å²) >= 11 is 3.41. The zero-order chi connectivity index (χ0) is 23.8. The molecule has 0 N–H and O–H groups in total. The van der Waals surface area contributed by atoms with E-state index in [0.29, 0.717) is 40.5 Å². The molecule has 0 saturated carbocycles. The fourth-order valence-electron chi connectivity index (χ4n) is 4.12. The van der Waals surface area contributed by atoms with Crippen molar-refractivity contribution in [3.8, 4) is 11.5 Å². The number of ether oxygens (including phenoxy) is 2. The number of halogens is 1. The molecule has 0 spiro atoms. The van der Waals surface area contributed by atoms with Crippen LogP contribution in [0.5, 0.6) is 11.5 Å². The molecule has 170 valence electrons. The number of methoxy groups -OCH3 is 1. The Bertz CT molecular complexity index is 1480. The maximum absolute atomic E-state index is 13.7. The minimum atomic E-state index is -0.764. The Balaban J connectivity index is 1.76. The van der Waals surface area contributed by atoms with Crippen LogP contribution < -0.4 is 19.8 Å². The van der Waals surface area contributed by atoms with E-state index in [0.717, 1.165) is 4.47 Å². The minimum absolute atomic E-state index is 0.00132. The molecule has 0 aliphatic carbocycles. The number of fused-ring (bicyclic) bond motifs is 2. The molecule has 7 nitrogen and oxygen atoms in total. The van der Waals surface area contributed by atoms with E-state index in [9.17, 15) is 9.59 Å². The maximum atomic E-state index is 13.7. The van der Waals surface area contributed by atoms with Gasteiger partial charge in [0.05, 0.1) is 24.1 Å². The molecule has 0 saturated heterocycles. The summed E-state index contributed by atoms with van der Waals surface area (Å²) in [5.74, 6) is 0.955. The van der Waals surface area contributed by atoms with Crippen LogP contribution in [0.2, 0.25) is 0 Å². The summed E-state index contributed by atoms with van der Waals surface area (Å²) in [5, 5.41) is 0.381. The number of benzene rings is 2. The molecular weight excluding hydrogens is 500 g/mol. The zero-order valence-corrected chi connectivity index (χ0v) is 19.7. The van der Waals surface area contributed by atoms with Gasteiger partial charge in [-0.1, -0.05) is 40.7 Å². The molecule has 0 fully saturated rings. The van der Waals surface area contributed by atoms with Gasteiger partial charge in [-0.3, -0.25) is 14.5 Å². The van der Waals surface area contributed by atoms with Crippen LogP contribution in [-0.2, 0) is 0 Å². The third-order valence-corrected chi connectivity index (χ3v) is 6.08. The van der Waals surface area contributed by atoms with Gasteiger partial charge >= 0.3 is 0 Å². The molecule has 0 bridgehead atoms. The molecular formula is C26H19BrN2O5. The van der Waals surface area contributed by atoms with Crippen molar-refractivity contribution in [2.45, 2.75) is 6.04 Å². The van der Waals surface area contributed by atoms with Crippen LogP contribution in [0.4, 0.5) is 5.82 Å². The van der Waals surface area contributed by atoms with Crippen LogP contribution in [0.3, 0.4) is 0 Å². The van der Waals surface area contributed by atoms with Gasteiger partial charge in [-0.25, -0.2) is 4.98 Å². The van der Waals surface area contributed by atoms with E-state index in [1.807, 2.05) is 0 Å². The Morgan fingerprint density at radius 1 is 1.15 bits per heavy atom. The molecule has 1 aliphatic heterocycles. The zero-order valence-electron chi connectivity index (χ0n) is 18.2. The highest BCUT2D eigenvalue weighted by molar-refractivity contribution is 9.10. The third kappa shape index (κ3) is 3.56. The van der Waals surface area contributed by atoms with Crippen LogP contribution in [0.1, 0.15) is 27.7 Å². The third-order valence-electron chi connectivity index (χ3n) is 5.59. The Kier molecular flexibility index (Phi) is 5.67. The predicted octanol–water partition coefficient (Wildman–Crippen LogP) is 5.27. The van der Waals surface area contributed by atoms with Crippen LogP contribution >= 0.6 is 15.9 Å². The number of hydrogen-bond acceptors (Lipinski definition) is 6. The Hall–Kier alpha value is -3.91.